The van der Waals surface area contributed by atoms with Crippen molar-refractivity contribution in [1.29, 1.82) is 0 Å². The standard InChI is InChI=1S/C15H14F2N2O/c1-18-14-5-3-2-4-11(14)15(20)19-9-10-6-7-12(16)13(17)8-10/h2-8,18H,9H2,1H3,(H,19,20). The van der Waals surface area contributed by atoms with E-state index in [2.05, 4.69) is 10.6 Å². The predicted molar refractivity (Wildman–Crippen MR) is 73.5 cm³/mol. The molecule has 0 radical (unpaired) electrons. The van der Waals surface area contributed by atoms with Crippen LogP contribution in [0.25, 0.3) is 0 Å². The Bertz CT molecular complexity index is 629. The van der Waals surface area contributed by atoms with Crippen molar-refractivity contribution in [2.45, 2.75) is 6.54 Å². The van der Waals surface area contributed by atoms with Crippen LogP contribution in [0.15, 0.2) is 42.5 Å². The van der Waals surface area contributed by atoms with Gasteiger partial charge in [0, 0.05) is 19.3 Å². The first kappa shape index (κ1) is 14.0. The lowest BCUT2D eigenvalue weighted by Gasteiger charge is -2.09. The van der Waals surface area contributed by atoms with Crippen LogP contribution in [0, 0.1) is 11.6 Å². The molecule has 5 heteroatoms. The number of amides is 1. The average Bonchev–Trinajstić information content (AvgIpc) is 2.48. The monoisotopic (exact) mass is 276 g/mol. The van der Waals surface area contributed by atoms with Crippen molar-refractivity contribution >= 4 is 11.6 Å². The third-order valence-electron chi connectivity index (χ3n) is 2.88. The van der Waals surface area contributed by atoms with Gasteiger partial charge in [-0.05, 0) is 29.8 Å². The molecule has 0 aliphatic heterocycles. The molecule has 2 rings (SSSR count). The molecule has 2 aromatic rings. The summed E-state index contributed by atoms with van der Waals surface area (Å²) in [6, 6.07) is 10.6. The number of hydrogen-bond acceptors (Lipinski definition) is 2. The van der Waals surface area contributed by atoms with E-state index in [-0.39, 0.29) is 12.5 Å². The molecule has 20 heavy (non-hydrogen) atoms. The highest BCUT2D eigenvalue weighted by molar-refractivity contribution is 5.99. The maximum Gasteiger partial charge on any atom is 0.253 e. The molecular weight excluding hydrogens is 262 g/mol. The van der Waals surface area contributed by atoms with Crippen LogP contribution >= 0.6 is 0 Å². The van der Waals surface area contributed by atoms with Crippen LogP contribution in [-0.2, 0) is 6.54 Å². The molecule has 0 aliphatic carbocycles. The molecule has 0 heterocycles. The normalized spacial score (nSPS) is 10.2. The van der Waals surface area contributed by atoms with Crippen LogP contribution in [0.1, 0.15) is 15.9 Å². The lowest BCUT2D eigenvalue weighted by Crippen LogP contribution is -2.23. The van der Waals surface area contributed by atoms with Gasteiger partial charge in [0.2, 0.25) is 0 Å². The van der Waals surface area contributed by atoms with Gasteiger partial charge in [-0.15, -0.1) is 0 Å². The zero-order valence-electron chi connectivity index (χ0n) is 10.9. The number of carbonyl (C=O) groups is 1. The number of hydrogen-bond donors (Lipinski definition) is 2. The van der Waals surface area contributed by atoms with Gasteiger partial charge < -0.3 is 10.6 Å². The van der Waals surface area contributed by atoms with Gasteiger partial charge in [0.05, 0.1) is 5.56 Å². The van der Waals surface area contributed by atoms with Crippen LogP contribution in [-0.4, -0.2) is 13.0 Å². The minimum absolute atomic E-state index is 0.133. The van der Waals surface area contributed by atoms with Gasteiger partial charge in [-0.1, -0.05) is 18.2 Å². The van der Waals surface area contributed by atoms with Gasteiger partial charge in [-0.3, -0.25) is 4.79 Å². The Balaban J connectivity index is 2.06. The van der Waals surface area contributed by atoms with Crippen molar-refractivity contribution in [2.24, 2.45) is 0 Å². The SMILES string of the molecule is CNc1ccccc1C(=O)NCc1ccc(F)c(F)c1. The average molecular weight is 276 g/mol. The van der Waals surface area contributed by atoms with Crippen molar-refractivity contribution in [3.63, 3.8) is 0 Å². The largest absolute Gasteiger partial charge is 0.387 e. The first-order valence-electron chi connectivity index (χ1n) is 6.10. The molecule has 104 valence electrons. The van der Waals surface area contributed by atoms with Crippen LogP contribution < -0.4 is 10.6 Å². The molecule has 0 bridgehead atoms. The van der Waals surface area contributed by atoms with Gasteiger partial charge in [-0.25, -0.2) is 8.78 Å². The number of anilines is 1. The third kappa shape index (κ3) is 3.12. The van der Waals surface area contributed by atoms with Gasteiger partial charge in [0.25, 0.3) is 5.91 Å². The summed E-state index contributed by atoms with van der Waals surface area (Å²) in [4.78, 5) is 12.0. The number of para-hydroxylation sites is 1. The molecule has 0 fully saturated rings. The maximum absolute atomic E-state index is 13.0. The predicted octanol–water partition coefficient (Wildman–Crippen LogP) is 2.94. The quantitative estimate of drug-likeness (QED) is 0.901. The second-order valence-corrected chi connectivity index (χ2v) is 4.23. The summed E-state index contributed by atoms with van der Waals surface area (Å²) < 4.78 is 25.8. The summed E-state index contributed by atoms with van der Waals surface area (Å²) in [6.45, 7) is 0.133. The minimum atomic E-state index is -0.924. The van der Waals surface area contributed by atoms with E-state index in [4.69, 9.17) is 0 Å². The van der Waals surface area contributed by atoms with Gasteiger partial charge in [0.15, 0.2) is 11.6 Å². The molecule has 2 N–H and O–H groups in total. The molecule has 2 aromatic carbocycles. The molecule has 0 saturated carbocycles. The van der Waals surface area contributed by atoms with E-state index in [0.717, 1.165) is 12.1 Å². The van der Waals surface area contributed by atoms with Crippen LogP contribution in [0.4, 0.5) is 14.5 Å². The lowest BCUT2D eigenvalue weighted by molar-refractivity contribution is 0.0951. The Kier molecular flexibility index (Phi) is 4.30. The van der Waals surface area contributed by atoms with E-state index >= 15 is 0 Å². The van der Waals surface area contributed by atoms with Crippen molar-refractivity contribution in [3.05, 3.63) is 65.2 Å². The van der Waals surface area contributed by atoms with E-state index in [1.807, 2.05) is 6.07 Å². The second kappa shape index (κ2) is 6.14. The van der Waals surface area contributed by atoms with Crippen molar-refractivity contribution in [2.75, 3.05) is 12.4 Å². The molecule has 0 saturated heterocycles. The Morgan fingerprint density at radius 3 is 2.55 bits per heavy atom. The minimum Gasteiger partial charge on any atom is -0.387 e. The molecule has 0 atom stereocenters. The number of rotatable bonds is 4. The van der Waals surface area contributed by atoms with Crippen LogP contribution in [0.3, 0.4) is 0 Å². The lowest BCUT2D eigenvalue weighted by atomic mass is 10.1. The zero-order valence-corrected chi connectivity index (χ0v) is 10.9. The number of carbonyl (C=O) groups excluding carboxylic acids is 1. The van der Waals surface area contributed by atoms with Crippen molar-refractivity contribution in [1.82, 2.24) is 5.32 Å². The summed E-state index contributed by atoms with van der Waals surface area (Å²) in [5, 5.41) is 5.59. The summed E-state index contributed by atoms with van der Waals surface area (Å²) in [7, 11) is 1.72. The molecule has 0 spiro atoms. The topological polar surface area (TPSA) is 41.1 Å². The summed E-state index contributed by atoms with van der Waals surface area (Å²) in [5.74, 6) is -2.10. The Hall–Kier alpha value is -2.43. The zero-order chi connectivity index (χ0) is 14.5. The first-order valence-corrected chi connectivity index (χ1v) is 6.10. The highest BCUT2D eigenvalue weighted by Gasteiger charge is 2.10. The summed E-state index contributed by atoms with van der Waals surface area (Å²) in [6.07, 6.45) is 0. The van der Waals surface area contributed by atoms with Crippen LogP contribution in [0.2, 0.25) is 0 Å². The molecular formula is C15H14F2N2O. The summed E-state index contributed by atoms with van der Waals surface area (Å²) >= 11 is 0. The number of halogens is 2. The van der Waals surface area contributed by atoms with Gasteiger partial charge in [-0.2, -0.15) is 0 Å². The molecule has 0 unspecified atom stereocenters. The van der Waals surface area contributed by atoms with E-state index < -0.39 is 11.6 Å². The summed E-state index contributed by atoms with van der Waals surface area (Å²) in [5.41, 5.74) is 1.70. The van der Waals surface area contributed by atoms with Gasteiger partial charge in [0.1, 0.15) is 0 Å². The Morgan fingerprint density at radius 1 is 1.10 bits per heavy atom. The van der Waals surface area contributed by atoms with E-state index in [1.54, 1.807) is 25.2 Å². The van der Waals surface area contributed by atoms with Crippen LogP contribution in [0.5, 0.6) is 0 Å². The van der Waals surface area contributed by atoms with E-state index in [1.165, 1.54) is 6.07 Å². The molecule has 0 aliphatic rings. The highest BCUT2D eigenvalue weighted by Crippen LogP contribution is 2.14. The maximum atomic E-state index is 13.0. The highest BCUT2D eigenvalue weighted by atomic mass is 19.2. The van der Waals surface area contributed by atoms with Gasteiger partial charge >= 0.3 is 0 Å². The first-order chi connectivity index (χ1) is 9.61. The second-order valence-electron chi connectivity index (χ2n) is 4.23. The number of nitrogens with one attached hydrogen (secondary N) is 2. The fraction of sp³-hybridized carbons (Fsp3) is 0.133. The van der Waals surface area contributed by atoms with Crippen molar-refractivity contribution in [3.8, 4) is 0 Å². The third-order valence-corrected chi connectivity index (χ3v) is 2.88. The fourth-order valence-electron chi connectivity index (χ4n) is 1.83. The smallest absolute Gasteiger partial charge is 0.253 e. The Morgan fingerprint density at radius 2 is 1.85 bits per heavy atom. The van der Waals surface area contributed by atoms with E-state index in [9.17, 15) is 13.6 Å². The molecule has 3 nitrogen and oxygen atoms in total. The Labute approximate surface area is 115 Å². The fourth-order valence-corrected chi connectivity index (χ4v) is 1.83. The number of benzene rings is 2. The molecule has 0 aromatic heterocycles. The van der Waals surface area contributed by atoms with Crippen molar-refractivity contribution < 1.29 is 13.6 Å². The van der Waals surface area contributed by atoms with E-state index in [0.29, 0.717) is 16.8 Å². The molecule has 1 amide bonds.